The summed E-state index contributed by atoms with van der Waals surface area (Å²) in [4.78, 5) is 28.2. The zero-order valence-electron chi connectivity index (χ0n) is 19.1. The zero-order chi connectivity index (χ0) is 23.5. The number of anilines is 1. The molecule has 0 unspecified atom stereocenters. The number of hydrogen-bond acceptors (Lipinski definition) is 6. The van der Waals surface area contributed by atoms with E-state index in [4.69, 9.17) is 5.73 Å². The first-order valence-corrected chi connectivity index (χ1v) is 13.0. The average molecular weight is 515 g/mol. The largest absolute Gasteiger partial charge is 0.365 e. The Morgan fingerprint density at radius 1 is 1.21 bits per heavy atom. The summed E-state index contributed by atoms with van der Waals surface area (Å²) in [5.74, 6) is -0.975. The second kappa shape index (κ2) is 11.4. The molecule has 3 N–H and O–H groups in total. The maximum absolute atomic E-state index is 12.9. The standard InChI is InChI=1S/C22H30N4O4S2.ClH/c1-4-6-12-26(5-2)32(29,30)16-9-7-15(8-10-16)21(28)24-22-19(20(23)27)17-11-13-25(3)14-18(17)31-22;/h7-10H,4-6,11-14H2,1-3H3,(H2,23,27)(H,24,28);1H. The zero-order valence-corrected chi connectivity index (χ0v) is 21.5. The van der Waals surface area contributed by atoms with Crippen LogP contribution in [0.2, 0.25) is 0 Å². The third-order valence-corrected chi connectivity index (χ3v) is 8.71. The third kappa shape index (κ3) is 5.93. The number of hydrogen-bond donors (Lipinski definition) is 2. The number of nitrogens with two attached hydrogens (primary N) is 1. The molecule has 2 heterocycles. The SMILES string of the molecule is CCCCN(CC)S(=O)(=O)c1ccc(C(=O)Nc2sc3c(c2C(N)=O)CCN(C)C3)cc1.Cl. The van der Waals surface area contributed by atoms with Crippen molar-refractivity contribution in [3.8, 4) is 0 Å². The van der Waals surface area contributed by atoms with Crippen LogP contribution >= 0.6 is 23.7 Å². The molecule has 0 saturated heterocycles. The number of nitrogens with zero attached hydrogens (tertiary/aromatic N) is 2. The highest BCUT2D eigenvalue weighted by Gasteiger charge is 2.27. The van der Waals surface area contributed by atoms with E-state index in [-0.39, 0.29) is 17.3 Å². The van der Waals surface area contributed by atoms with Crippen LogP contribution in [0.15, 0.2) is 29.2 Å². The van der Waals surface area contributed by atoms with Crippen molar-refractivity contribution in [2.45, 2.75) is 44.6 Å². The molecule has 2 amide bonds. The summed E-state index contributed by atoms with van der Waals surface area (Å²) in [6.45, 7) is 6.20. The fourth-order valence-corrected chi connectivity index (χ4v) is 6.58. The minimum atomic E-state index is -3.61. The molecule has 0 radical (unpaired) electrons. The fraction of sp³-hybridized carbons (Fsp3) is 0.455. The molecule has 182 valence electrons. The van der Waals surface area contributed by atoms with E-state index < -0.39 is 21.8 Å². The van der Waals surface area contributed by atoms with Gasteiger partial charge in [0.25, 0.3) is 11.8 Å². The summed E-state index contributed by atoms with van der Waals surface area (Å²) in [5.41, 5.74) is 7.19. The molecule has 1 aliphatic rings. The molecule has 8 nitrogen and oxygen atoms in total. The van der Waals surface area contributed by atoms with E-state index in [0.717, 1.165) is 29.8 Å². The highest BCUT2D eigenvalue weighted by Crippen LogP contribution is 2.36. The molecule has 2 aromatic rings. The Hall–Kier alpha value is -1.98. The topological polar surface area (TPSA) is 113 Å². The second-order valence-electron chi connectivity index (χ2n) is 7.89. The van der Waals surface area contributed by atoms with Crippen molar-refractivity contribution in [1.82, 2.24) is 9.21 Å². The molecule has 0 atom stereocenters. The van der Waals surface area contributed by atoms with Crippen LogP contribution in [0.25, 0.3) is 0 Å². The first-order valence-electron chi connectivity index (χ1n) is 10.7. The van der Waals surface area contributed by atoms with E-state index in [1.54, 1.807) is 0 Å². The Kier molecular flexibility index (Phi) is 9.45. The molecule has 0 aliphatic carbocycles. The lowest BCUT2D eigenvalue weighted by Gasteiger charge is -2.22. The van der Waals surface area contributed by atoms with Crippen LogP contribution in [-0.4, -0.2) is 56.1 Å². The van der Waals surface area contributed by atoms with Gasteiger partial charge >= 0.3 is 0 Å². The lowest BCUT2D eigenvalue weighted by molar-refractivity contribution is 0.1000. The second-order valence-corrected chi connectivity index (χ2v) is 10.9. The summed E-state index contributed by atoms with van der Waals surface area (Å²) in [5, 5.41) is 3.24. The van der Waals surface area contributed by atoms with Crippen molar-refractivity contribution in [2.75, 3.05) is 32.0 Å². The Morgan fingerprint density at radius 3 is 2.45 bits per heavy atom. The number of benzene rings is 1. The summed E-state index contributed by atoms with van der Waals surface area (Å²) in [7, 11) is -1.61. The number of nitrogens with one attached hydrogen (secondary N) is 1. The molecular weight excluding hydrogens is 484 g/mol. The van der Waals surface area contributed by atoms with Crippen molar-refractivity contribution in [1.29, 1.82) is 0 Å². The Balaban J connectivity index is 0.00000385. The predicted octanol–water partition coefficient (Wildman–Crippen LogP) is 3.32. The molecule has 11 heteroatoms. The minimum absolute atomic E-state index is 0. The van der Waals surface area contributed by atoms with E-state index in [2.05, 4.69) is 10.2 Å². The molecule has 33 heavy (non-hydrogen) atoms. The molecule has 0 bridgehead atoms. The number of sulfonamides is 1. The van der Waals surface area contributed by atoms with Crippen LogP contribution in [0.1, 0.15) is 57.8 Å². The number of likely N-dealkylation sites (N-methyl/N-ethyl adjacent to an activating group) is 1. The summed E-state index contributed by atoms with van der Waals surface area (Å²) >= 11 is 1.36. The van der Waals surface area contributed by atoms with Gasteiger partial charge in [0, 0.05) is 36.6 Å². The van der Waals surface area contributed by atoms with Gasteiger partial charge in [-0.2, -0.15) is 4.31 Å². The van der Waals surface area contributed by atoms with Crippen molar-refractivity contribution in [2.24, 2.45) is 5.73 Å². The number of carbonyl (C=O) groups excluding carboxylic acids is 2. The lowest BCUT2D eigenvalue weighted by Crippen LogP contribution is -2.31. The number of fused-ring (bicyclic) bond motifs is 1. The van der Waals surface area contributed by atoms with Gasteiger partial charge in [0.15, 0.2) is 0 Å². The van der Waals surface area contributed by atoms with Crippen molar-refractivity contribution in [3.05, 3.63) is 45.8 Å². The molecule has 0 fully saturated rings. The number of amides is 2. The van der Waals surface area contributed by atoms with Gasteiger partial charge in [0.05, 0.1) is 10.5 Å². The van der Waals surface area contributed by atoms with Crippen LogP contribution in [0, 0.1) is 0 Å². The lowest BCUT2D eigenvalue weighted by atomic mass is 10.0. The van der Waals surface area contributed by atoms with Gasteiger partial charge in [0.1, 0.15) is 5.00 Å². The molecule has 0 saturated carbocycles. The van der Waals surface area contributed by atoms with Gasteiger partial charge in [-0.15, -0.1) is 23.7 Å². The first kappa shape index (κ1) is 27.3. The van der Waals surface area contributed by atoms with E-state index in [9.17, 15) is 18.0 Å². The Morgan fingerprint density at radius 2 is 1.88 bits per heavy atom. The molecule has 3 rings (SSSR count). The predicted molar refractivity (Wildman–Crippen MR) is 134 cm³/mol. The van der Waals surface area contributed by atoms with Gasteiger partial charge < -0.3 is 16.0 Å². The van der Waals surface area contributed by atoms with Crippen LogP contribution in [0.4, 0.5) is 5.00 Å². The first-order chi connectivity index (χ1) is 15.2. The van der Waals surface area contributed by atoms with Crippen LogP contribution in [0.3, 0.4) is 0 Å². The van der Waals surface area contributed by atoms with Gasteiger partial charge in [0.2, 0.25) is 10.0 Å². The number of carbonyl (C=O) groups is 2. The minimum Gasteiger partial charge on any atom is -0.365 e. The van der Waals surface area contributed by atoms with E-state index in [1.165, 1.54) is 39.9 Å². The normalized spacial score (nSPS) is 13.9. The van der Waals surface area contributed by atoms with Gasteiger partial charge in [-0.3, -0.25) is 9.59 Å². The Labute approximate surface area is 205 Å². The summed E-state index contributed by atoms with van der Waals surface area (Å²) in [6.07, 6.45) is 2.40. The quantitative estimate of drug-likeness (QED) is 0.533. The molecular formula is C22H31ClN4O4S2. The number of thiophene rings is 1. The van der Waals surface area contributed by atoms with Gasteiger partial charge in [-0.05, 0) is 49.7 Å². The molecule has 1 aliphatic heterocycles. The van der Waals surface area contributed by atoms with E-state index in [1.807, 2.05) is 20.9 Å². The maximum atomic E-state index is 12.9. The third-order valence-electron chi connectivity index (χ3n) is 5.59. The van der Waals surface area contributed by atoms with Crippen LogP contribution < -0.4 is 11.1 Å². The van der Waals surface area contributed by atoms with Gasteiger partial charge in [-0.1, -0.05) is 20.3 Å². The van der Waals surface area contributed by atoms with E-state index >= 15 is 0 Å². The number of rotatable bonds is 9. The van der Waals surface area contributed by atoms with Crippen LogP contribution in [0.5, 0.6) is 0 Å². The average Bonchev–Trinajstić information content (AvgIpc) is 3.11. The Bertz CT molecular complexity index is 1100. The number of halogens is 1. The number of primary amides is 1. The van der Waals surface area contributed by atoms with Crippen LogP contribution in [-0.2, 0) is 23.0 Å². The molecule has 1 aromatic carbocycles. The van der Waals surface area contributed by atoms with Crippen molar-refractivity contribution >= 4 is 50.6 Å². The monoisotopic (exact) mass is 514 g/mol. The smallest absolute Gasteiger partial charge is 0.256 e. The highest BCUT2D eigenvalue weighted by molar-refractivity contribution is 7.89. The summed E-state index contributed by atoms with van der Waals surface area (Å²) in [6, 6.07) is 5.87. The van der Waals surface area contributed by atoms with E-state index in [0.29, 0.717) is 42.2 Å². The van der Waals surface area contributed by atoms with Crippen molar-refractivity contribution in [3.63, 3.8) is 0 Å². The number of unbranched alkanes of at least 4 members (excludes halogenated alkanes) is 1. The fourth-order valence-electron chi connectivity index (χ4n) is 3.77. The molecule has 0 spiro atoms. The van der Waals surface area contributed by atoms with Crippen molar-refractivity contribution < 1.29 is 18.0 Å². The summed E-state index contributed by atoms with van der Waals surface area (Å²) < 4.78 is 27.2. The maximum Gasteiger partial charge on any atom is 0.256 e. The molecule has 1 aromatic heterocycles. The highest BCUT2D eigenvalue weighted by atomic mass is 35.5. The van der Waals surface area contributed by atoms with Gasteiger partial charge in [-0.25, -0.2) is 8.42 Å².